The molecule has 1 rings (SSSR count). The van der Waals surface area contributed by atoms with Crippen molar-refractivity contribution in [3.8, 4) is 0 Å². The molecule has 1 aliphatic heterocycles. The first-order valence-electron chi connectivity index (χ1n) is 2.88. The molecular formula is C6H13S+. The second-order valence-electron chi connectivity index (χ2n) is 2.55. The Hall–Kier alpha value is 0.350. The monoisotopic (exact) mass is 117 g/mol. The van der Waals surface area contributed by atoms with Crippen LogP contribution in [0.25, 0.3) is 0 Å². The molecular weight excluding hydrogens is 104 g/mol. The number of hydrogen-bond donors (Lipinski definition) is 0. The lowest BCUT2D eigenvalue weighted by Gasteiger charge is -1.88. The van der Waals surface area contributed by atoms with Crippen LogP contribution in [0.4, 0.5) is 0 Å². The highest BCUT2D eigenvalue weighted by Gasteiger charge is 2.24. The summed E-state index contributed by atoms with van der Waals surface area (Å²) in [6.07, 6.45) is 3.86. The van der Waals surface area contributed by atoms with Gasteiger partial charge < -0.3 is 0 Å². The maximum Gasteiger partial charge on any atom is 0.110 e. The van der Waals surface area contributed by atoms with Gasteiger partial charge in [0.15, 0.2) is 0 Å². The van der Waals surface area contributed by atoms with E-state index in [1.807, 2.05) is 0 Å². The molecule has 0 nitrogen and oxygen atoms in total. The van der Waals surface area contributed by atoms with Gasteiger partial charge in [-0.15, -0.1) is 0 Å². The smallest absolute Gasteiger partial charge is 0.0578 e. The Bertz CT molecular complexity index is 53.2. The SMILES string of the molecule is C[C@@H]1CC[S+](C)C1. The molecule has 0 amide bonds. The molecule has 1 unspecified atom stereocenters. The Labute approximate surface area is 48.6 Å². The molecule has 0 aromatic heterocycles. The second kappa shape index (κ2) is 2.08. The molecule has 0 aromatic carbocycles. The standard InChI is InChI=1S/C6H13S/c1-6-3-4-7(2)5-6/h6H,3-5H2,1-2H3/q+1/t6-,7?/m1/s1. The van der Waals surface area contributed by atoms with Crippen molar-refractivity contribution in [3.05, 3.63) is 0 Å². The van der Waals surface area contributed by atoms with E-state index >= 15 is 0 Å². The van der Waals surface area contributed by atoms with Crippen molar-refractivity contribution in [2.75, 3.05) is 17.8 Å². The van der Waals surface area contributed by atoms with Crippen molar-refractivity contribution < 1.29 is 0 Å². The third-order valence-electron chi connectivity index (χ3n) is 1.53. The summed E-state index contributed by atoms with van der Waals surface area (Å²) >= 11 is 0. The second-order valence-corrected chi connectivity index (χ2v) is 4.85. The van der Waals surface area contributed by atoms with Crippen LogP contribution in [0, 0.1) is 5.92 Å². The van der Waals surface area contributed by atoms with Crippen LogP contribution in [0.15, 0.2) is 0 Å². The third kappa shape index (κ3) is 1.37. The van der Waals surface area contributed by atoms with E-state index in [9.17, 15) is 0 Å². The van der Waals surface area contributed by atoms with Gasteiger partial charge in [0.25, 0.3) is 0 Å². The van der Waals surface area contributed by atoms with Crippen molar-refractivity contribution in [1.82, 2.24) is 0 Å². The van der Waals surface area contributed by atoms with Crippen LogP contribution in [0.5, 0.6) is 0 Å². The highest BCUT2D eigenvalue weighted by molar-refractivity contribution is 7.96. The molecule has 42 valence electrons. The number of rotatable bonds is 0. The maximum atomic E-state index is 2.38. The summed E-state index contributed by atoms with van der Waals surface area (Å²) in [5.74, 6) is 4.04. The fourth-order valence-corrected chi connectivity index (χ4v) is 3.16. The minimum atomic E-state index is 0.797. The van der Waals surface area contributed by atoms with E-state index in [4.69, 9.17) is 0 Å². The van der Waals surface area contributed by atoms with Gasteiger partial charge in [-0.3, -0.25) is 0 Å². The fourth-order valence-electron chi connectivity index (χ4n) is 1.05. The van der Waals surface area contributed by atoms with Gasteiger partial charge in [-0.05, 0) is 17.3 Å². The van der Waals surface area contributed by atoms with Gasteiger partial charge in [-0.1, -0.05) is 6.92 Å². The van der Waals surface area contributed by atoms with Gasteiger partial charge in [-0.2, -0.15) is 0 Å². The average Bonchev–Trinajstić information content (AvgIpc) is 1.87. The Kier molecular flexibility index (Phi) is 1.63. The van der Waals surface area contributed by atoms with Gasteiger partial charge in [0, 0.05) is 5.92 Å². The zero-order valence-electron chi connectivity index (χ0n) is 5.11. The summed E-state index contributed by atoms with van der Waals surface area (Å²) < 4.78 is 0. The van der Waals surface area contributed by atoms with E-state index in [0.717, 1.165) is 16.8 Å². The van der Waals surface area contributed by atoms with Crippen LogP contribution in [-0.2, 0) is 10.9 Å². The maximum absolute atomic E-state index is 2.38. The van der Waals surface area contributed by atoms with Crippen LogP contribution in [-0.4, -0.2) is 17.8 Å². The number of hydrogen-bond acceptors (Lipinski definition) is 0. The minimum Gasteiger partial charge on any atom is -0.0578 e. The van der Waals surface area contributed by atoms with E-state index < -0.39 is 0 Å². The molecule has 0 radical (unpaired) electrons. The predicted octanol–water partition coefficient (Wildman–Crippen LogP) is 1.27. The van der Waals surface area contributed by atoms with Crippen LogP contribution < -0.4 is 0 Å². The Morgan fingerprint density at radius 2 is 2.29 bits per heavy atom. The lowest BCUT2D eigenvalue weighted by molar-refractivity contribution is 0.669. The van der Waals surface area contributed by atoms with E-state index in [-0.39, 0.29) is 0 Å². The van der Waals surface area contributed by atoms with Crippen LogP contribution >= 0.6 is 0 Å². The topological polar surface area (TPSA) is 0 Å². The lowest BCUT2D eigenvalue weighted by atomic mass is 10.2. The highest BCUT2D eigenvalue weighted by atomic mass is 32.2. The van der Waals surface area contributed by atoms with Crippen LogP contribution in [0.1, 0.15) is 13.3 Å². The summed E-state index contributed by atoms with van der Waals surface area (Å²) in [5.41, 5.74) is 0. The van der Waals surface area contributed by atoms with Crippen LogP contribution in [0.2, 0.25) is 0 Å². The summed E-state index contributed by atoms with van der Waals surface area (Å²) in [6.45, 7) is 2.36. The Morgan fingerprint density at radius 3 is 2.43 bits per heavy atom. The Morgan fingerprint density at radius 1 is 1.57 bits per heavy atom. The summed E-state index contributed by atoms with van der Waals surface area (Å²) in [4.78, 5) is 0. The zero-order chi connectivity index (χ0) is 5.28. The molecule has 0 aliphatic carbocycles. The normalized spacial score (nSPS) is 42.0. The van der Waals surface area contributed by atoms with Crippen molar-refractivity contribution in [1.29, 1.82) is 0 Å². The van der Waals surface area contributed by atoms with Gasteiger partial charge >= 0.3 is 0 Å². The zero-order valence-corrected chi connectivity index (χ0v) is 5.92. The molecule has 0 spiro atoms. The average molecular weight is 117 g/mol. The molecule has 1 saturated heterocycles. The molecule has 1 heteroatoms. The molecule has 1 heterocycles. The van der Waals surface area contributed by atoms with Crippen molar-refractivity contribution >= 4 is 10.9 Å². The first-order valence-corrected chi connectivity index (χ1v) is 4.85. The van der Waals surface area contributed by atoms with E-state index in [1.54, 1.807) is 0 Å². The molecule has 7 heavy (non-hydrogen) atoms. The molecule has 0 saturated carbocycles. The van der Waals surface area contributed by atoms with Crippen LogP contribution in [0.3, 0.4) is 0 Å². The van der Waals surface area contributed by atoms with E-state index in [2.05, 4.69) is 13.2 Å². The summed E-state index contributed by atoms with van der Waals surface area (Å²) in [6, 6.07) is 0. The van der Waals surface area contributed by atoms with Crippen molar-refractivity contribution in [2.45, 2.75) is 13.3 Å². The summed E-state index contributed by atoms with van der Waals surface area (Å²) in [5, 5.41) is 0. The first-order chi connectivity index (χ1) is 3.29. The van der Waals surface area contributed by atoms with E-state index in [0.29, 0.717) is 0 Å². The molecule has 1 aliphatic rings. The third-order valence-corrected chi connectivity index (χ3v) is 3.60. The predicted molar refractivity (Wildman–Crippen MR) is 36.8 cm³/mol. The van der Waals surface area contributed by atoms with Gasteiger partial charge in [-0.25, -0.2) is 0 Å². The van der Waals surface area contributed by atoms with Crippen molar-refractivity contribution in [3.63, 3.8) is 0 Å². The molecule has 0 bridgehead atoms. The molecule has 1 fully saturated rings. The Balaban J connectivity index is 2.26. The lowest BCUT2D eigenvalue weighted by Crippen LogP contribution is -2.00. The highest BCUT2D eigenvalue weighted by Crippen LogP contribution is 2.16. The van der Waals surface area contributed by atoms with Gasteiger partial charge in [0.1, 0.15) is 11.5 Å². The molecule has 2 atom stereocenters. The minimum absolute atomic E-state index is 0.797. The molecule has 0 aromatic rings. The summed E-state index contributed by atoms with van der Waals surface area (Å²) in [7, 11) is 0.797. The fraction of sp³-hybridized carbons (Fsp3) is 1.00. The van der Waals surface area contributed by atoms with Gasteiger partial charge in [0.2, 0.25) is 0 Å². The van der Waals surface area contributed by atoms with Crippen molar-refractivity contribution in [2.24, 2.45) is 5.92 Å². The quantitative estimate of drug-likeness (QED) is 0.419. The first kappa shape index (κ1) is 5.49. The molecule has 0 N–H and O–H groups in total. The van der Waals surface area contributed by atoms with Gasteiger partial charge in [0.05, 0.1) is 6.26 Å². The largest absolute Gasteiger partial charge is 0.110 e. The van der Waals surface area contributed by atoms with E-state index in [1.165, 1.54) is 17.9 Å².